The molecule has 3 aromatic rings. The maximum absolute atomic E-state index is 4.38. The van der Waals surface area contributed by atoms with Crippen molar-refractivity contribution in [1.82, 2.24) is 15.1 Å². The molecular formula is C17H19N3. The minimum absolute atomic E-state index is 0.897. The van der Waals surface area contributed by atoms with Crippen LogP contribution in [0.5, 0.6) is 0 Å². The van der Waals surface area contributed by atoms with Gasteiger partial charge in [-0.3, -0.25) is 4.68 Å². The smallest absolute Gasteiger partial charge is 0.0637 e. The van der Waals surface area contributed by atoms with Gasteiger partial charge >= 0.3 is 0 Å². The average Bonchev–Trinajstić information content (AvgIpc) is 2.89. The topological polar surface area (TPSA) is 29.9 Å². The van der Waals surface area contributed by atoms with Crippen molar-refractivity contribution in [2.75, 3.05) is 6.54 Å². The lowest BCUT2D eigenvalue weighted by molar-refractivity contribution is 0.667. The molecule has 0 saturated carbocycles. The van der Waals surface area contributed by atoms with Crippen LogP contribution < -0.4 is 5.32 Å². The zero-order valence-electron chi connectivity index (χ0n) is 11.7. The van der Waals surface area contributed by atoms with E-state index >= 15 is 0 Å². The predicted octanol–water partition coefficient (Wildman–Crippen LogP) is 2.91. The quantitative estimate of drug-likeness (QED) is 0.719. The van der Waals surface area contributed by atoms with Crippen molar-refractivity contribution in [1.29, 1.82) is 0 Å². The van der Waals surface area contributed by atoms with Crippen LogP contribution in [0.15, 0.2) is 54.7 Å². The summed E-state index contributed by atoms with van der Waals surface area (Å²) in [6, 6.07) is 17.1. The number of nitrogens with zero attached hydrogens (tertiary/aromatic N) is 2. The molecule has 1 heterocycles. The van der Waals surface area contributed by atoms with Gasteiger partial charge in [-0.25, -0.2) is 0 Å². The first kappa shape index (κ1) is 12.9. The largest absolute Gasteiger partial charge is 0.312 e. The second-order valence-corrected chi connectivity index (χ2v) is 5.05. The minimum Gasteiger partial charge on any atom is -0.312 e. The second kappa shape index (κ2) is 5.88. The molecule has 0 atom stereocenters. The van der Waals surface area contributed by atoms with Crippen LogP contribution in [-0.2, 0) is 20.0 Å². The fourth-order valence-electron chi connectivity index (χ4n) is 2.48. The summed E-state index contributed by atoms with van der Waals surface area (Å²) in [7, 11) is 1.95. The Morgan fingerprint density at radius 1 is 1.05 bits per heavy atom. The Kier molecular flexibility index (Phi) is 3.79. The van der Waals surface area contributed by atoms with Gasteiger partial charge < -0.3 is 5.32 Å². The van der Waals surface area contributed by atoms with Gasteiger partial charge in [0.15, 0.2) is 0 Å². The second-order valence-electron chi connectivity index (χ2n) is 5.05. The molecule has 3 heteroatoms. The molecule has 0 aliphatic rings. The van der Waals surface area contributed by atoms with Crippen molar-refractivity contribution in [2.45, 2.75) is 13.0 Å². The van der Waals surface area contributed by atoms with Crippen molar-refractivity contribution < 1.29 is 0 Å². The molecule has 0 aliphatic heterocycles. The highest BCUT2D eigenvalue weighted by Crippen LogP contribution is 2.18. The van der Waals surface area contributed by atoms with Crippen LogP contribution in [0.4, 0.5) is 0 Å². The molecule has 0 amide bonds. The van der Waals surface area contributed by atoms with Crippen LogP contribution in [-0.4, -0.2) is 16.3 Å². The van der Waals surface area contributed by atoms with Gasteiger partial charge in [0.2, 0.25) is 0 Å². The van der Waals surface area contributed by atoms with E-state index in [1.807, 2.05) is 17.9 Å². The fraction of sp³-hybridized carbons (Fsp3) is 0.235. The van der Waals surface area contributed by atoms with Crippen molar-refractivity contribution in [2.24, 2.45) is 7.05 Å². The first-order valence-corrected chi connectivity index (χ1v) is 6.99. The van der Waals surface area contributed by atoms with E-state index in [2.05, 4.69) is 58.9 Å². The molecule has 2 aromatic carbocycles. The summed E-state index contributed by atoms with van der Waals surface area (Å²) in [4.78, 5) is 0. The first-order chi connectivity index (χ1) is 9.83. The summed E-state index contributed by atoms with van der Waals surface area (Å²) in [5.41, 5.74) is 2.49. The molecule has 3 rings (SSSR count). The Hall–Kier alpha value is -2.13. The highest BCUT2D eigenvalue weighted by atomic mass is 15.2. The molecule has 0 radical (unpaired) electrons. The Bertz CT molecular complexity index is 695. The van der Waals surface area contributed by atoms with Crippen molar-refractivity contribution in [3.63, 3.8) is 0 Å². The minimum atomic E-state index is 0.897. The van der Waals surface area contributed by atoms with Gasteiger partial charge in [0.05, 0.1) is 5.69 Å². The molecule has 0 unspecified atom stereocenters. The van der Waals surface area contributed by atoms with Gasteiger partial charge in [-0.15, -0.1) is 0 Å². The number of benzene rings is 2. The van der Waals surface area contributed by atoms with Crippen LogP contribution in [0.25, 0.3) is 10.8 Å². The molecular weight excluding hydrogens is 246 g/mol. The van der Waals surface area contributed by atoms with Crippen LogP contribution >= 0.6 is 0 Å². The summed E-state index contributed by atoms with van der Waals surface area (Å²) < 4.78 is 1.85. The first-order valence-electron chi connectivity index (χ1n) is 6.99. The summed E-state index contributed by atoms with van der Waals surface area (Å²) in [5.74, 6) is 0. The number of hydrogen-bond donors (Lipinski definition) is 1. The lowest BCUT2D eigenvalue weighted by Crippen LogP contribution is -2.17. The standard InChI is InChI=1S/C17H19N3/c1-20-12-10-16(19-20)9-11-18-13-15-7-4-6-14-5-2-3-8-17(14)15/h2-8,10,12,18H,9,11,13H2,1H3. The molecule has 102 valence electrons. The monoisotopic (exact) mass is 265 g/mol. The number of aryl methyl sites for hydroxylation is 1. The number of fused-ring (bicyclic) bond motifs is 1. The van der Waals surface area contributed by atoms with Gasteiger partial charge in [-0.2, -0.15) is 5.10 Å². The molecule has 0 saturated heterocycles. The molecule has 0 fully saturated rings. The van der Waals surface area contributed by atoms with E-state index < -0.39 is 0 Å². The summed E-state index contributed by atoms with van der Waals surface area (Å²) in [6.45, 7) is 1.84. The fourth-order valence-corrected chi connectivity index (χ4v) is 2.48. The lowest BCUT2D eigenvalue weighted by atomic mass is 10.0. The van der Waals surface area contributed by atoms with E-state index in [1.165, 1.54) is 16.3 Å². The van der Waals surface area contributed by atoms with E-state index in [9.17, 15) is 0 Å². The van der Waals surface area contributed by atoms with Crippen LogP contribution in [0.2, 0.25) is 0 Å². The number of nitrogens with one attached hydrogen (secondary N) is 1. The predicted molar refractivity (Wildman–Crippen MR) is 82.6 cm³/mol. The maximum Gasteiger partial charge on any atom is 0.0637 e. The van der Waals surface area contributed by atoms with Gasteiger partial charge in [0, 0.05) is 32.8 Å². The normalized spacial score (nSPS) is 11.1. The molecule has 3 nitrogen and oxygen atoms in total. The van der Waals surface area contributed by atoms with Gasteiger partial charge in [0.25, 0.3) is 0 Å². The third-order valence-electron chi connectivity index (χ3n) is 3.52. The highest BCUT2D eigenvalue weighted by molar-refractivity contribution is 5.85. The summed E-state index contributed by atoms with van der Waals surface area (Å²) >= 11 is 0. The van der Waals surface area contributed by atoms with Crippen LogP contribution in [0.3, 0.4) is 0 Å². The van der Waals surface area contributed by atoms with E-state index in [0.29, 0.717) is 0 Å². The molecule has 20 heavy (non-hydrogen) atoms. The average molecular weight is 265 g/mol. The van der Waals surface area contributed by atoms with Gasteiger partial charge in [0.1, 0.15) is 0 Å². The lowest BCUT2D eigenvalue weighted by Gasteiger charge is -2.07. The maximum atomic E-state index is 4.38. The zero-order valence-corrected chi connectivity index (χ0v) is 11.7. The summed E-state index contributed by atoms with van der Waals surface area (Å²) in [6.07, 6.45) is 2.95. The van der Waals surface area contributed by atoms with Gasteiger partial charge in [-0.1, -0.05) is 42.5 Å². The zero-order chi connectivity index (χ0) is 13.8. The number of aromatic nitrogens is 2. The number of rotatable bonds is 5. The Balaban J connectivity index is 1.60. The Morgan fingerprint density at radius 3 is 2.75 bits per heavy atom. The molecule has 0 aliphatic carbocycles. The molecule has 0 spiro atoms. The van der Waals surface area contributed by atoms with Crippen molar-refractivity contribution in [3.05, 3.63) is 66.0 Å². The third kappa shape index (κ3) is 2.89. The van der Waals surface area contributed by atoms with Gasteiger partial charge in [-0.05, 0) is 22.4 Å². The Morgan fingerprint density at radius 2 is 1.90 bits per heavy atom. The van der Waals surface area contributed by atoms with Crippen LogP contribution in [0, 0.1) is 0 Å². The van der Waals surface area contributed by atoms with Crippen molar-refractivity contribution in [3.8, 4) is 0 Å². The Labute approximate surface area is 119 Å². The van der Waals surface area contributed by atoms with E-state index in [4.69, 9.17) is 0 Å². The van der Waals surface area contributed by atoms with E-state index in [-0.39, 0.29) is 0 Å². The SMILES string of the molecule is Cn1ccc(CCNCc2cccc3ccccc23)n1. The molecule has 1 N–H and O–H groups in total. The van der Waals surface area contributed by atoms with Crippen LogP contribution in [0.1, 0.15) is 11.3 Å². The van der Waals surface area contributed by atoms with E-state index in [0.717, 1.165) is 25.2 Å². The van der Waals surface area contributed by atoms with Crippen molar-refractivity contribution >= 4 is 10.8 Å². The number of hydrogen-bond acceptors (Lipinski definition) is 2. The van der Waals surface area contributed by atoms with E-state index in [1.54, 1.807) is 0 Å². The molecule has 0 bridgehead atoms. The highest BCUT2D eigenvalue weighted by Gasteiger charge is 2.00. The third-order valence-corrected chi connectivity index (χ3v) is 3.52. The molecule has 1 aromatic heterocycles. The summed E-state index contributed by atoms with van der Waals surface area (Å²) in [5, 5.41) is 10.5.